The molecule has 1 saturated carbocycles. The second-order valence-corrected chi connectivity index (χ2v) is 4.94. The van der Waals surface area contributed by atoms with Crippen molar-refractivity contribution in [2.75, 3.05) is 18.5 Å². The summed E-state index contributed by atoms with van der Waals surface area (Å²) in [7, 11) is 2.01. The van der Waals surface area contributed by atoms with E-state index >= 15 is 0 Å². The van der Waals surface area contributed by atoms with Crippen molar-refractivity contribution in [1.82, 2.24) is 0 Å². The molecular weight excluding hydrogens is 217 g/mol. The van der Waals surface area contributed by atoms with Crippen LogP contribution < -0.4 is 4.90 Å². The summed E-state index contributed by atoms with van der Waals surface area (Å²) in [6, 6.07) is 6.55. The number of hydrogen-bond donors (Lipinski definition) is 1. The number of hydrogen-bond acceptors (Lipinski definition) is 2. The first-order chi connectivity index (χ1) is 8.16. The molecule has 0 bridgehead atoms. The van der Waals surface area contributed by atoms with Gasteiger partial charge in [0.1, 0.15) is 5.82 Å². The zero-order valence-corrected chi connectivity index (χ0v) is 10.3. The quantitative estimate of drug-likeness (QED) is 0.870. The summed E-state index contributed by atoms with van der Waals surface area (Å²) in [6.07, 6.45) is 4.13. The molecule has 1 fully saturated rings. The van der Waals surface area contributed by atoms with Crippen LogP contribution in [0.2, 0.25) is 0 Å². The first-order valence-electron chi connectivity index (χ1n) is 6.31. The molecule has 0 aromatic heterocycles. The highest BCUT2D eigenvalue weighted by atomic mass is 19.1. The number of aliphatic hydroxyl groups is 1. The fourth-order valence-electron chi connectivity index (χ4n) is 2.54. The molecule has 3 heteroatoms. The molecule has 0 aliphatic heterocycles. The van der Waals surface area contributed by atoms with E-state index in [9.17, 15) is 9.50 Å². The largest absolute Gasteiger partial charge is 0.393 e. The summed E-state index contributed by atoms with van der Waals surface area (Å²) < 4.78 is 12.8. The van der Waals surface area contributed by atoms with Crippen LogP contribution in [0.4, 0.5) is 10.1 Å². The van der Waals surface area contributed by atoms with Gasteiger partial charge in [0.2, 0.25) is 0 Å². The van der Waals surface area contributed by atoms with Crippen LogP contribution in [-0.2, 0) is 0 Å². The third kappa shape index (κ3) is 3.19. The lowest BCUT2D eigenvalue weighted by molar-refractivity contribution is 0.129. The molecule has 1 N–H and O–H groups in total. The maximum Gasteiger partial charge on any atom is 0.123 e. The standard InChI is InChI=1S/C14H20FNO/c1-16(13-7-5-12(15)6-8-13)10-9-11-3-2-4-14(11)17/h5-8,11,14,17H,2-4,9-10H2,1H3. The Kier molecular flexibility index (Phi) is 4.00. The van der Waals surface area contributed by atoms with Crippen molar-refractivity contribution in [3.63, 3.8) is 0 Å². The third-order valence-electron chi connectivity index (χ3n) is 3.72. The van der Waals surface area contributed by atoms with E-state index in [2.05, 4.69) is 4.90 Å². The lowest BCUT2D eigenvalue weighted by Gasteiger charge is -2.22. The van der Waals surface area contributed by atoms with E-state index in [1.54, 1.807) is 12.1 Å². The zero-order valence-electron chi connectivity index (χ0n) is 10.3. The molecule has 2 rings (SSSR count). The molecule has 0 radical (unpaired) electrons. The number of halogens is 1. The molecule has 94 valence electrons. The highest BCUT2D eigenvalue weighted by molar-refractivity contribution is 5.45. The Morgan fingerprint density at radius 3 is 2.59 bits per heavy atom. The molecule has 0 spiro atoms. The molecule has 0 saturated heterocycles. The van der Waals surface area contributed by atoms with Crippen LogP contribution in [0, 0.1) is 11.7 Å². The van der Waals surface area contributed by atoms with E-state index in [1.807, 2.05) is 7.05 Å². The van der Waals surface area contributed by atoms with Crippen molar-refractivity contribution < 1.29 is 9.50 Å². The summed E-state index contributed by atoms with van der Waals surface area (Å²) in [4.78, 5) is 2.12. The minimum atomic E-state index is -0.201. The number of nitrogens with zero attached hydrogens (tertiary/aromatic N) is 1. The highest BCUT2D eigenvalue weighted by Crippen LogP contribution is 2.28. The second-order valence-electron chi connectivity index (χ2n) is 4.94. The van der Waals surface area contributed by atoms with E-state index in [-0.39, 0.29) is 11.9 Å². The second kappa shape index (κ2) is 5.50. The molecular formula is C14H20FNO. The van der Waals surface area contributed by atoms with Gasteiger partial charge in [0, 0.05) is 19.3 Å². The number of anilines is 1. The molecule has 2 unspecified atom stereocenters. The van der Waals surface area contributed by atoms with Gasteiger partial charge in [-0.1, -0.05) is 6.42 Å². The lowest BCUT2D eigenvalue weighted by atomic mass is 10.0. The fourth-order valence-corrected chi connectivity index (χ4v) is 2.54. The molecule has 1 aromatic carbocycles. The van der Waals surface area contributed by atoms with Gasteiger partial charge in [-0.15, -0.1) is 0 Å². The maximum absolute atomic E-state index is 12.8. The van der Waals surface area contributed by atoms with Gasteiger partial charge < -0.3 is 10.0 Å². The molecule has 1 aliphatic carbocycles. The van der Waals surface area contributed by atoms with Gasteiger partial charge in [-0.3, -0.25) is 0 Å². The first kappa shape index (κ1) is 12.4. The van der Waals surface area contributed by atoms with Crippen LogP contribution >= 0.6 is 0 Å². The first-order valence-corrected chi connectivity index (χ1v) is 6.31. The van der Waals surface area contributed by atoms with Gasteiger partial charge >= 0.3 is 0 Å². The van der Waals surface area contributed by atoms with Crippen LogP contribution in [0.15, 0.2) is 24.3 Å². The van der Waals surface area contributed by atoms with Crippen molar-refractivity contribution in [1.29, 1.82) is 0 Å². The Bertz CT molecular complexity index is 352. The van der Waals surface area contributed by atoms with Crippen molar-refractivity contribution in [3.8, 4) is 0 Å². The predicted octanol–water partition coefficient (Wildman–Crippen LogP) is 2.81. The summed E-state index contributed by atoms with van der Waals surface area (Å²) in [5.41, 5.74) is 1.03. The Labute approximate surface area is 102 Å². The zero-order chi connectivity index (χ0) is 12.3. The van der Waals surface area contributed by atoms with Crippen LogP contribution in [-0.4, -0.2) is 24.8 Å². The van der Waals surface area contributed by atoms with Crippen molar-refractivity contribution in [3.05, 3.63) is 30.1 Å². The SMILES string of the molecule is CN(CCC1CCCC1O)c1ccc(F)cc1. The Hall–Kier alpha value is -1.09. The fraction of sp³-hybridized carbons (Fsp3) is 0.571. The molecule has 17 heavy (non-hydrogen) atoms. The minimum Gasteiger partial charge on any atom is -0.393 e. The molecule has 1 aromatic rings. The van der Waals surface area contributed by atoms with E-state index < -0.39 is 0 Å². The van der Waals surface area contributed by atoms with E-state index in [0.717, 1.165) is 37.9 Å². The molecule has 0 heterocycles. The lowest BCUT2D eigenvalue weighted by Crippen LogP contribution is -2.23. The third-order valence-corrected chi connectivity index (χ3v) is 3.72. The average Bonchev–Trinajstić information content (AvgIpc) is 2.73. The van der Waals surface area contributed by atoms with Gasteiger partial charge in [0.15, 0.2) is 0 Å². The molecule has 2 atom stereocenters. The highest BCUT2D eigenvalue weighted by Gasteiger charge is 2.24. The summed E-state index contributed by atoms with van der Waals surface area (Å²) in [5.74, 6) is 0.242. The van der Waals surface area contributed by atoms with Crippen LogP contribution in [0.3, 0.4) is 0 Å². The Morgan fingerprint density at radius 1 is 1.29 bits per heavy atom. The van der Waals surface area contributed by atoms with E-state index in [0.29, 0.717) is 5.92 Å². The van der Waals surface area contributed by atoms with Crippen molar-refractivity contribution in [2.24, 2.45) is 5.92 Å². The number of aliphatic hydroxyl groups excluding tert-OH is 1. The predicted molar refractivity (Wildman–Crippen MR) is 67.6 cm³/mol. The van der Waals surface area contributed by atoms with Crippen molar-refractivity contribution in [2.45, 2.75) is 31.8 Å². The van der Waals surface area contributed by atoms with Gasteiger partial charge in [-0.2, -0.15) is 0 Å². The normalized spacial score (nSPS) is 23.9. The molecule has 0 amide bonds. The molecule has 1 aliphatic rings. The van der Waals surface area contributed by atoms with Crippen LogP contribution in [0.25, 0.3) is 0 Å². The van der Waals surface area contributed by atoms with E-state index in [1.165, 1.54) is 12.1 Å². The Balaban J connectivity index is 1.84. The monoisotopic (exact) mass is 237 g/mol. The summed E-state index contributed by atoms with van der Waals surface area (Å²) >= 11 is 0. The average molecular weight is 237 g/mol. The molecule has 2 nitrogen and oxygen atoms in total. The van der Waals surface area contributed by atoms with Gasteiger partial charge in [-0.05, 0) is 49.4 Å². The maximum atomic E-state index is 12.8. The van der Waals surface area contributed by atoms with Gasteiger partial charge in [0.25, 0.3) is 0 Å². The summed E-state index contributed by atoms with van der Waals surface area (Å²) in [5, 5.41) is 9.74. The number of benzene rings is 1. The van der Waals surface area contributed by atoms with Crippen LogP contribution in [0.1, 0.15) is 25.7 Å². The van der Waals surface area contributed by atoms with Gasteiger partial charge in [-0.25, -0.2) is 4.39 Å². The summed E-state index contributed by atoms with van der Waals surface area (Å²) in [6.45, 7) is 0.910. The van der Waals surface area contributed by atoms with Crippen LogP contribution in [0.5, 0.6) is 0 Å². The van der Waals surface area contributed by atoms with Gasteiger partial charge in [0.05, 0.1) is 6.10 Å². The van der Waals surface area contributed by atoms with E-state index in [4.69, 9.17) is 0 Å². The van der Waals surface area contributed by atoms with Crippen molar-refractivity contribution >= 4 is 5.69 Å². The smallest absolute Gasteiger partial charge is 0.123 e. The minimum absolute atomic E-state index is 0.114. The number of rotatable bonds is 4. The Morgan fingerprint density at radius 2 is 2.00 bits per heavy atom. The topological polar surface area (TPSA) is 23.5 Å².